The van der Waals surface area contributed by atoms with Gasteiger partial charge in [0, 0.05) is 51.1 Å². The zero-order chi connectivity index (χ0) is 14.7. The van der Waals surface area contributed by atoms with Gasteiger partial charge in [0.15, 0.2) is 0 Å². The number of aromatic nitrogens is 2. The molecule has 0 spiro atoms. The minimum absolute atomic E-state index is 0.0798. The smallest absolute Gasteiger partial charge is 0.310 e. The van der Waals surface area contributed by atoms with Crippen LogP contribution in [0.3, 0.4) is 0 Å². The summed E-state index contributed by atoms with van der Waals surface area (Å²) in [4.78, 5) is 34.4. The second-order valence-electron chi connectivity index (χ2n) is 4.87. The minimum Gasteiger partial charge on any atom is -0.481 e. The van der Waals surface area contributed by atoms with Crippen molar-refractivity contribution in [3.05, 3.63) is 18.0 Å². The van der Waals surface area contributed by atoms with Gasteiger partial charge in [-0.1, -0.05) is 0 Å². The van der Waals surface area contributed by atoms with Gasteiger partial charge in [0.1, 0.15) is 0 Å². The Morgan fingerprint density at radius 1 is 1.20 bits per heavy atom. The lowest BCUT2D eigenvalue weighted by molar-refractivity contribution is -0.138. The summed E-state index contributed by atoms with van der Waals surface area (Å²) in [7, 11) is 0. The van der Waals surface area contributed by atoms with Gasteiger partial charge in [0.05, 0.1) is 5.92 Å². The Morgan fingerprint density at radius 2 is 1.75 bits per heavy atom. The number of hydrogen-bond donors (Lipinski definition) is 1. The van der Waals surface area contributed by atoms with E-state index in [1.165, 1.54) is 0 Å². The molecule has 1 unspecified atom stereocenters. The molecule has 1 saturated heterocycles. The molecule has 0 radical (unpaired) electrons. The van der Waals surface area contributed by atoms with Crippen LogP contribution in [0.4, 0.5) is 5.95 Å². The highest BCUT2D eigenvalue weighted by Gasteiger charge is 2.21. The fraction of sp³-hybridized carbons (Fsp3) is 0.538. The van der Waals surface area contributed by atoms with Crippen molar-refractivity contribution in [2.24, 2.45) is 0 Å². The summed E-state index contributed by atoms with van der Waals surface area (Å²) in [5.74, 6) is -0.847. The molecule has 2 heterocycles. The second kappa shape index (κ2) is 5.85. The highest BCUT2D eigenvalue weighted by Crippen LogP contribution is 2.16. The van der Waals surface area contributed by atoms with Crippen molar-refractivity contribution < 1.29 is 14.7 Å². The summed E-state index contributed by atoms with van der Waals surface area (Å²) in [6.45, 7) is 5.86. The Hall–Kier alpha value is -2.18. The third-order valence-electron chi connectivity index (χ3n) is 3.54. The van der Waals surface area contributed by atoms with Crippen molar-refractivity contribution in [1.82, 2.24) is 14.9 Å². The Bertz CT molecular complexity index is 495. The van der Waals surface area contributed by atoms with Gasteiger partial charge < -0.3 is 14.9 Å². The number of hydrogen-bond acceptors (Lipinski definition) is 5. The third kappa shape index (κ3) is 3.04. The minimum atomic E-state index is -0.892. The van der Waals surface area contributed by atoms with Crippen LogP contribution in [0.15, 0.2) is 12.4 Å². The number of rotatable bonds is 3. The van der Waals surface area contributed by atoms with Crippen LogP contribution in [-0.2, 0) is 9.59 Å². The number of nitrogens with zero attached hydrogens (tertiary/aromatic N) is 4. The van der Waals surface area contributed by atoms with E-state index >= 15 is 0 Å². The predicted molar refractivity (Wildman–Crippen MR) is 72.5 cm³/mol. The second-order valence-corrected chi connectivity index (χ2v) is 4.87. The lowest BCUT2D eigenvalue weighted by Crippen LogP contribution is -2.48. The van der Waals surface area contributed by atoms with Crippen molar-refractivity contribution in [3.8, 4) is 0 Å². The largest absolute Gasteiger partial charge is 0.481 e. The van der Waals surface area contributed by atoms with Crippen molar-refractivity contribution in [2.75, 3.05) is 31.1 Å². The van der Waals surface area contributed by atoms with Gasteiger partial charge >= 0.3 is 5.97 Å². The van der Waals surface area contributed by atoms with Crippen molar-refractivity contribution in [2.45, 2.75) is 19.8 Å². The molecular formula is C13H18N4O3. The number of piperazine rings is 1. The first-order valence-electron chi connectivity index (χ1n) is 6.54. The Morgan fingerprint density at radius 3 is 2.20 bits per heavy atom. The maximum Gasteiger partial charge on any atom is 0.310 e. The van der Waals surface area contributed by atoms with Gasteiger partial charge in [-0.25, -0.2) is 9.97 Å². The molecular weight excluding hydrogens is 260 g/mol. The highest BCUT2D eigenvalue weighted by atomic mass is 16.4. The average molecular weight is 278 g/mol. The van der Waals surface area contributed by atoms with E-state index in [1.54, 1.807) is 31.1 Å². The average Bonchev–Trinajstić information content (AvgIpc) is 2.46. The Balaban J connectivity index is 2.01. The van der Waals surface area contributed by atoms with Crippen LogP contribution in [0.1, 0.15) is 25.3 Å². The zero-order valence-electron chi connectivity index (χ0n) is 11.6. The van der Waals surface area contributed by atoms with Crippen LogP contribution in [0, 0.1) is 0 Å². The van der Waals surface area contributed by atoms with E-state index in [0.29, 0.717) is 37.7 Å². The van der Waals surface area contributed by atoms with E-state index in [9.17, 15) is 9.59 Å². The van der Waals surface area contributed by atoms with Crippen LogP contribution >= 0.6 is 0 Å². The van der Waals surface area contributed by atoms with Gasteiger partial charge in [-0.05, 0) is 6.92 Å². The molecule has 1 N–H and O–H groups in total. The first-order chi connectivity index (χ1) is 9.49. The monoisotopic (exact) mass is 278 g/mol. The molecule has 7 heteroatoms. The lowest BCUT2D eigenvalue weighted by atomic mass is 10.1. The first kappa shape index (κ1) is 14.2. The maximum atomic E-state index is 11.2. The molecule has 7 nitrogen and oxygen atoms in total. The van der Waals surface area contributed by atoms with E-state index in [-0.39, 0.29) is 5.91 Å². The molecule has 1 fully saturated rings. The Labute approximate surface area is 117 Å². The number of carbonyl (C=O) groups excluding carboxylic acids is 1. The highest BCUT2D eigenvalue weighted by molar-refractivity contribution is 5.75. The van der Waals surface area contributed by atoms with Crippen LogP contribution in [0.25, 0.3) is 0 Å². The number of carbonyl (C=O) groups is 2. The van der Waals surface area contributed by atoms with E-state index < -0.39 is 11.9 Å². The van der Waals surface area contributed by atoms with Gasteiger partial charge in [0.25, 0.3) is 0 Å². The van der Waals surface area contributed by atoms with Crippen LogP contribution in [-0.4, -0.2) is 58.0 Å². The van der Waals surface area contributed by atoms with Gasteiger partial charge in [-0.15, -0.1) is 0 Å². The van der Waals surface area contributed by atoms with Crippen LogP contribution in [0.5, 0.6) is 0 Å². The summed E-state index contributed by atoms with van der Waals surface area (Å²) in [5.41, 5.74) is 0.587. The quantitative estimate of drug-likeness (QED) is 0.857. The fourth-order valence-electron chi connectivity index (χ4n) is 2.08. The topological polar surface area (TPSA) is 86.6 Å². The molecule has 1 atom stereocenters. The van der Waals surface area contributed by atoms with Crippen LogP contribution in [0.2, 0.25) is 0 Å². The Kier molecular flexibility index (Phi) is 4.16. The molecule has 0 aliphatic carbocycles. The molecule has 20 heavy (non-hydrogen) atoms. The summed E-state index contributed by atoms with van der Waals surface area (Å²) >= 11 is 0. The summed E-state index contributed by atoms with van der Waals surface area (Å²) in [5, 5.41) is 8.93. The summed E-state index contributed by atoms with van der Waals surface area (Å²) in [6.07, 6.45) is 3.11. The van der Waals surface area contributed by atoms with E-state index in [4.69, 9.17) is 5.11 Å². The first-order valence-corrected chi connectivity index (χ1v) is 6.54. The van der Waals surface area contributed by atoms with Crippen molar-refractivity contribution >= 4 is 17.8 Å². The molecule has 0 aromatic carbocycles. The standard InChI is InChI=1S/C13H18N4O3/c1-9(12(19)20)11-7-14-13(15-8-11)17-5-3-16(4-6-17)10(2)18/h7-9H,3-6H2,1-2H3,(H,19,20). The predicted octanol–water partition coefficient (Wildman–Crippen LogP) is 0.333. The van der Waals surface area contributed by atoms with Crippen LogP contribution < -0.4 is 4.90 Å². The molecule has 1 aliphatic rings. The SMILES string of the molecule is CC(=O)N1CCN(c2ncc(C(C)C(=O)O)cn2)CC1. The summed E-state index contributed by atoms with van der Waals surface area (Å²) in [6, 6.07) is 0. The van der Waals surface area contributed by atoms with E-state index in [2.05, 4.69) is 9.97 Å². The lowest BCUT2D eigenvalue weighted by Gasteiger charge is -2.34. The molecule has 1 aromatic heterocycles. The fourth-order valence-corrected chi connectivity index (χ4v) is 2.08. The number of amides is 1. The molecule has 1 aromatic rings. The third-order valence-corrected chi connectivity index (χ3v) is 3.54. The van der Waals surface area contributed by atoms with E-state index in [1.807, 2.05) is 4.90 Å². The van der Waals surface area contributed by atoms with E-state index in [0.717, 1.165) is 0 Å². The van der Waals surface area contributed by atoms with Gasteiger partial charge in [-0.2, -0.15) is 0 Å². The van der Waals surface area contributed by atoms with Gasteiger partial charge in [-0.3, -0.25) is 9.59 Å². The molecule has 1 amide bonds. The molecule has 0 bridgehead atoms. The number of carboxylic acids is 1. The molecule has 2 rings (SSSR count). The number of carboxylic acid groups (broad SMARTS) is 1. The zero-order valence-corrected chi connectivity index (χ0v) is 11.6. The molecule has 0 saturated carbocycles. The maximum absolute atomic E-state index is 11.2. The number of anilines is 1. The normalized spacial score (nSPS) is 16.9. The number of aliphatic carboxylic acids is 1. The van der Waals surface area contributed by atoms with Crippen molar-refractivity contribution in [1.29, 1.82) is 0 Å². The molecule has 108 valence electrons. The summed E-state index contributed by atoms with van der Waals surface area (Å²) < 4.78 is 0. The molecule has 1 aliphatic heterocycles. The van der Waals surface area contributed by atoms with Crippen molar-refractivity contribution in [3.63, 3.8) is 0 Å². The van der Waals surface area contributed by atoms with Gasteiger partial charge in [0.2, 0.25) is 11.9 Å².